The van der Waals surface area contributed by atoms with Crippen LogP contribution in [0.5, 0.6) is 0 Å². The van der Waals surface area contributed by atoms with Crippen LogP contribution in [-0.4, -0.2) is 62.4 Å². The number of halogens is 5. The lowest BCUT2D eigenvalue weighted by molar-refractivity contribution is -0.271. The van der Waals surface area contributed by atoms with E-state index in [1.165, 1.54) is 4.90 Å². The molecule has 3 N–H and O–H groups in total. The SMILES string of the molecule is N[C@@H]1CCN(C(=O)C[C@@H]2CCc3cc(C(O)(CF)C(F)(F)F)ccc3N2S(=O)(=O)c2ccc(F)cc2)C1. The molecule has 202 valence electrons. The number of aliphatic hydroxyl groups is 1. The third-order valence-electron chi connectivity index (χ3n) is 6.89. The van der Waals surface area contributed by atoms with Crippen LogP contribution in [0.3, 0.4) is 0 Å². The summed E-state index contributed by atoms with van der Waals surface area (Å²) in [6.07, 6.45) is -4.75. The van der Waals surface area contributed by atoms with Gasteiger partial charge in [0.2, 0.25) is 11.5 Å². The molecule has 0 bridgehead atoms. The minimum Gasteiger partial charge on any atom is -0.374 e. The summed E-state index contributed by atoms with van der Waals surface area (Å²) in [4.78, 5) is 14.2. The number of hydrogen-bond acceptors (Lipinski definition) is 5. The normalized spacial score (nSPS) is 22.0. The van der Waals surface area contributed by atoms with E-state index < -0.39 is 45.9 Å². The predicted molar refractivity (Wildman–Crippen MR) is 124 cm³/mol. The summed E-state index contributed by atoms with van der Waals surface area (Å²) in [6, 6.07) is 5.77. The van der Waals surface area contributed by atoms with E-state index in [4.69, 9.17) is 5.73 Å². The fourth-order valence-electron chi connectivity index (χ4n) is 4.79. The summed E-state index contributed by atoms with van der Waals surface area (Å²) in [5, 5.41) is 10.0. The lowest BCUT2D eigenvalue weighted by atomic mass is 9.88. The maximum Gasteiger partial charge on any atom is 0.424 e. The summed E-state index contributed by atoms with van der Waals surface area (Å²) in [7, 11) is -4.39. The fraction of sp³-hybridized carbons (Fsp3) is 0.458. The van der Waals surface area contributed by atoms with Gasteiger partial charge in [-0.05, 0) is 60.7 Å². The zero-order valence-corrected chi connectivity index (χ0v) is 20.4. The monoisotopic (exact) mass is 547 g/mol. The van der Waals surface area contributed by atoms with Gasteiger partial charge < -0.3 is 15.7 Å². The number of amides is 1. The molecular formula is C24H26F5N3O4S. The van der Waals surface area contributed by atoms with E-state index in [0.29, 0.717) is 19.5 Å². The largest absolute Gasteiger partial charge is 0.424 e. The first-order valence-corrected chi connectivity index (χ1v) is 13.0. The molecular weight excluding hydrogens is 521 g/mol. The molecule has 0 saturated carbocycles. The molecule has 4 rings (SSSR count). The van der Waals surface area contributed by atoms with Crippen LogP contribution in [0.2, 0.25) is 0 Å². The molecule has 0 aromatic heterocycles. The number of carbonyl (C=O) groups excluding carboxylic acids is 1. The van der Waals surface area contributed by atoms with E-state index in [9.17, 15) is 40.3 Å². The number of fused-ring (bicyclic) bond motifs is 1. The van der Waals surface area contributed by atoms with E-state index in [0.717, 1.165) is 46.8 Å². The van der Waals surface area contributed by atoms with Crippen molar-refractivity contribution in [1.29, 1.82) is 0 Å². The number of benzene rings is 2. The standard InChI is InChI=1S/C24H26F5N3O4S/c25-14-23(34,24(27,28)29)16-2-8-21-15(11-16)1-5-19(12-22(33)31-10-9-18(30)13-31)32(21)37(35,36)20-6-3-17(26)4-7-20/h2-4,6-8,11,18-19,34H,1,5,9-10,12-14,30H2/t18-,19+,23?/m1/s1. The average Bonchev–Trinajstić information content (AvgIpc) is 3.28. The van der Waals surface area contributed by atoms with Crippen LogP contribution < -0.4 is 10.0 Å². The van der Waals surface area contributed by atoms with Gasteiger partial charge in [0, 0.05) is 25.6 Å². The molecule has 37 heavy (non-hydrogen) atoms. The van der Waals surface area contributed by atoms with E-state index in [2.05, 4.69) is 0 Å². The van der Waals surface area contributed by atoms with Gasteiger partial charge in [-0.2, -0.15) is 13.2 Å². The van der Waals surface area contributed by atoms with Crippen molar-refractivity contribution in [2.24, 2.45) is 5.73 Å². The summed E-state index contributed by atoms with van der Waals surface area (Å²) < 4.78 is 95.6. The number of alkyl halides is 4. The van der Waals surface area contributed by atoms with Crippen LogP contribution >= 0.6 is 0 Å². The topological polar surface area (TPSA) is 104 Å². The molecule has 2 aliphatic rings. The Bertz CT molecular complexity index is 1270. The van der Waals surface area contributed by atoms with Crippen LogP contribution in [0.4, 0.5) is 27.6 Å². The van der Waals surface area contributed by atoms with Crippen LogP contribution in [0, 0.1) is 5.82 Å². The fourth-order valence-corrected chi connectivity index (χ4v) is 6.50. The molecule has 2 heterocycles. The highest BCUT2D eigenvalue weighted by atomic mass is 32.2. The Balaban J connectivity index is 1.77. The summed E-state index contributed by atoms with van der Waals surface area (Å²) in [5.74, 6) is -0.987. The van der Waals surface area contributed by atoms with Gasteiger partial charge in [0.25, 0.3) is 10.0 Å². The van der Waals surface area contributed by atoms with Crippen molar-refractivity contribution < 1.29 is 40.3 Å². The highest BCUT2D eigenvalue weighted by molar-refractivity contribution is 7.92. The van der Waals surface area contributed by atoms with Crippen LogP contribution in [0.1, 0.15) is 30.4 Å². The van der Waals surface area contributed by atoms with E-state index in [1.54, 1.807) is 0 Å². The smallest absolute Gasteiger partial charge is 0.374 e. The quantitative estimate of drug-likeness (QED) is 0.542. The van der Waals surface area contributed by atoms with Gasteiger partial charge in [0.15, 0.2) is 0 Å². The third kappa shape index (κ3) is 5.04. The Labute approximate surface area is 210 Å². The second-order valence-electron chi connectivity index (χ2n) is 9.38. The van der Waals surface area contributed by atoms with Crippen LogP contribution in [0.15, 0.2) is 47.4 Å². The van der Waals surface area contributed by atoms with Gasteiger partial charge in [-0.15, -0.1) is 0 Å². The Morgan fingerprint density at radius 1 is 1.11 bits per heavy atom. The zero-order chi connectivity index (χ0) is 27.2. The van der Waals surface area contributed by atoms with Crippen molar-refractivity contribution >= 4 is 21.6 Å². The number of nitrogens with zero attached hydrogens (tertiary/aromatic N) is 2. The molecule has 0 radical (unpaired) electrons. The lowest BCUT2D eigenvalue weighted by Gasteiger charge is -2.39. The molecule has 0 aliphatic carbocycles. The van der Waals surface area contributed by atoms with Gasteiger partial charge in [-0.1, -0.05) is 12.1 Å². The van der Waals surface area contributed by atoms with Crippen molar-refractivity contribution in [3.05, 3.63) is 59.4 Å². The Morgan fingerprint density at radius 3 is 2.35 bits per heavy atom. The molecule has 1 amide bonds. The van der Waals surface area contributed by atoms with Gasteiger partial charge >= 0.3 is 6.18 Å². The molecule has 13 heteroatoms. The Kier molecular flexibility index (Phi) is 7.25. The summed E-state index contributed by atoms with van der Waals surface area (Å²) in [6.45, 7) is -1.37. The van der Waals surface area contributed by atoms with Gasteiger partial charge in [0.1, 0.15) is 12.5 Å². The van der Waals surface area contributed by atoms with Gasteiger partial charge in [-0.3, -0.25) is 9.10 Å². The first-order valence-electron chi connectivity index (χ1n) is 11.6. The number of sulfonamides is 1. The van der Waals surface area contributed by atoms with Crippen LogP contribution in [0.25, 0.3) is 0 Å². The van der Waals surface area contributed by atoms with Gasteiger partial charge in [0.05, 0.1) is 16.6 Å². The molecule has 1 unspecified atom stereocenters. The second-order valence-corrected chi connectivity index (χ2v) is 11.2. The van der Waals surface area contributed by atoms with Gasteiger partial charge in [-0.25, -0.2) is 17.2 Å². The second kappa shape index (κ2) is 9.84. The predicted octanol–water partition coefficient (Wildman–Crippen LogP) is 3.00. The molecule has 3 atom stereocenters. The first kappa shape index (κ1) is 27.3. The maximum atomic E-state index is 13.7. The molecule has 1 saturated heterocycles. The molecule has 2 aromatic carbocycles. The summed E-state index contributed by atoms with van der Waals surface area (Å²) in [5.41, 5.74) is 1.48. The lowest BCUT2D eigenvalue weighted by Crippen LogP contribution is -2.47. The number of aryl methyl sites for hydroxylation is 1. The third-order valence-corrected chi connectivity index (χ3v) is 8.77. The number of anilines is 1. The zero-order valence-electron chi connectivity index (χ0n) is 19.6. The molecule has 7 nitrogen and oxygen atoms in total. The number of nitrogens with two attached hydrogens (primary N) is 1. The summed E-state index contributed by atoms with van der Waals surface area (Å²) >= 11 is 0. The molecule has 0 spiro atoms. The number of rotatable bonds is 6. The minimum atomic E-state index is -5.31. The highest BCUT2D eigenvalue weighted by Gasteiger charge is 2.55. The van der Waals surface area contributed by atoms with E-state index in [-0.39, 0.29) is 47.4 Å². The minimum absolute atomic E-state index is 0.00127. The molecule has 1 fully saturated rings. The van der Waals surface area contributed by atoms with Crippen molar-refractivity contribution in [2.75, 3.05) is 24.1 Å². The van der Waals surface area contributed by atoms with E-state index in [1.807, 2.05) is 0 Å². The Morgan fingerprint density at radius 2 is 1.78 bits per heavy atom. The van der Waals surface area contributed by atoms with Crippen molar-refractivity contribution in [3.63, 3.8) is 0 Å². The number of carbonyl (C=O) groups is 1. The highest BCUT2D eigenvalue weighted by Crippen LogP contribution is 2.43. The molecule has 2 aromatic rings. The van der Waals surface area contributed by atoms with E-state index >= 15 is 0 Å². The van der Waals surface area contributed by atoms with Crippen molar-refractivity contribution in [1.82, 2.24) is 4.90 Å². The van der Waals surface area contributed by atoms with Crippen LogP contribution in [-0.2, 0) is 26.8 Å². The maximum absolute atomic E-state index is 13.7. The Hall–Kier alpha value is -2.77. The van der Waals surface area contributed by atoms with Crippen molar-refractivity contribution in [2.45, 2.75) is 54.4 Å². The first-order chi connectivity index (χ1) is 17.3. The number of likely N-dealkylation sites (tertiary alicyclic amines) is 1. The number of hydrogen-bond donors (Lipinski definition) is 2. The molecule has 2 aliphatic heterocycles. The average molecular weight is 548 g/mol. The van der Waals surface area contributed by atoms with Crippen molar-refractivity contribution in [3.8, 4) is 0 Å².